The number of oxime groups is 1. The molecule has 0 aliphatic carbocycles. The fourth-order valence-corrected chi connectivity index (χ4v) is 3.33. The maximum Gasteiger partial charge on any atom is 0.573 e. The number of nitrogens with zero attached hydrogens (tertiary/aromatic N) is 4. The van der Waals surface area contributed by atoms with E-state index < -0.39 is 18.1 Å². The third kappa shape index (κ3) is 7.65. The highest BCUT2D eigenvalue weighted by atomic mass is 19.4. The van der Waals surface area contributed by atoms with Crippen LogP contribution in [0.15, 0.2) is 72.0 Å². The normalized spacial score (nSPS) is 12.0. The van der Waals surface area contributed by atoms with E-state index in [-0.39, 0.29) is 29.9 Å². The van der Waals surface area contributed by atoms with Crippen LogP contribution in [0.3, 0.4) is 0 Å². The van der Waals surface area contributed by atoms with Gasteiger partial charge in [0.1, 0.15) is 23.9 Å². The molecule has 0 saturated heterocycles. The van der Waals surface area contributed by atoms with Crippen molar-refractivity contribution in [2.24, 2.45) is 12.2 Å². The van der Waals surface area contributed by atoms with Gasteiger partial charge in [0.25, 0.3) is 0 Å². The molecule has 0 N–H and O–H groups in total. The summed E-state index contributed by atoms with van der Waals surface area (Å²) in [7, 11) is 1.63. The van der Waals surface area contributed by atoms with Crippen LogP contribution in [-0.4, -0.2) is 27.3 Å². The Morgan fingerprint density at radius 2 is 1.48 bits per heavy atom. The van der Waals surface area contributed by atoms with Crippen LogP contribution in [-0.2, 0) is 24.7 Å². The molecule has 14 heteroatoms. The molecule has 4 rings (SSSR count). The van der Waals surface area contributed by atoms with E-state index in [4.69, 9.17) is 14.3 Å². The summed E-state index contributed by atoms with van der Waals surface area (Å²) in [5.74, 6) is 0.532. The van der Waals surface area contributed by atoms with Crippen molar-refractivity contribution in [3.05, 3.63) is 89.2 Å². The van der Waals surface area contributed by atoms with Crippen molar-refractivity contribution < 1.29 is 45.4 Å². The van der Waals surface area contributed by atoms with Crippen LogP contribution < -0.4 is 14.2 Å². The van der Waals surface area contributed by atoms with Crippen molar-refractivity contribution in [2.75, 3.05) is 0 Å². The van der Waals surface area contributed by atoms with Crippen LogP contribution in [0.4, 0.5) is 26.3 Å². The van der Waals surface area contributed by atoms with Gasteiger partial charge in [-0.05, 0) is 55.0 Å². The van der Waals surface area contributed by atoms with Crippen molar-refractivity contribution in [1.82, 2.24) is 14.8 Å². The average molecular weight is 566 g/mol. The molecule has 0 spiro atoms. The number of alkyl halides is 6. The van der Waals surface area contributed by atoms with Gasteiger partial charge in [-0.15, -0.1) is 13.2 Å². The summed E-state index contributed by atoms with van der Waals surface area (Å²) >= 11 is 0. The van der Waals surface area contributed by atoms with Gasteiger partial charge in [0.05, 0.1) is 23.0 Å². The summed E-state index contributed by atoms with van der Waals surface area (Å²) < 4.78 is 91.6. The molecule has 4 aromatic rings. The topological polar surface area (TPSA) is 80.0 Å². The quantitative estimate of drug-likeness (QED) is 0.121. The molecule has 0 bridgehead atoms. The third-order valence-electron chi connectivity index (χ3n) is 5.18. The van der Waals surface area contributed by atoms with Gasteiger partial charge in [0.2, 0.25) is 11.8 Å². The lowest BCUT2D eigenvalue weighted by Gasteiger charge is -2.10. The van der Waals surface area contributed by atoms with Crippen molar-refractivity contribution in [3.63, 3.8) is 0 Å². The lowest BCUT2D eigenvalue weighted by molar-refractivity contribution is -0.274. The van der Waals surface area contributed by atoms with E-state index in [1.54, 1.807) is 38.2 Å². The number of hydrogen-bond acceptors (Lipinski definition) is 7. The molecule has 2 heterocycles. The molecule has 0 saturated carbocycles. The van der Waals surface area contributed by atoms with E-state index >= 15 is 0 Å². The smallest absolute Gasteiger partial charge is 0.439 e. The number of aromatic nitrogens is 3. The first-order valence-electron chi connectivity index (χ1n) is 11.4. The number of hydrogen-bond donors (Lipinski definition) is 0. The number of rotatable bonds is 9. The Bertz CT molecular complexity index is 1450. The van der Waals surface area contributed by atoms with Crippen LogP contribution in [0.2, 0.25) is 0 Å². The fourth-order valence-electron chi connectivity index (χ4n) is 3.33. The molecule has 0 amide bonds. The second-order valence-corrected chi connectivity index (χ2v) is 8.19. The van der Waals surface area contributed by atoms with E-state index in [9.17, 15) is 26.3 Å². The highest BCUT2D eigenvalue weighted by molar-refractivity contribution is 5.84. The Balaban J connectivity index is 1.33. The summed E-state index contributed by atoms with van der Waals surface area (Å²) in [6.07, 6.45) is -7.19. The zero-order valence-electron chi connectivity index (χ0n) is 20.8. The third-order valence-corrected chi connectivity index (χ3v) is 5.18. The van der Waals surface area contributed by atoms with E-state index in [1.165, 1.54) is 23.0 Å². The molecular weight excluding hydrogens is 546 g/mol. The number of pyridine rings is 1. The first-order valence-corrected chi connectivity index (χ1v) is 11.4. The molecule has 2 aromatic heterocycles. The predicted octanol–water partition coefficient (Wildman–Crippen LogP) is 7.18. The van der Waals surface area contributed by atoms with Gasteiger partial charge >= 0.3 is 12.5 Å². The maximum atomic E-state index is 12.7. The van der Waals surface area contributed by atoms with Crippen LogP contribution >= 0.6 is 0 Å². The highest BCUT2D eigenvalue weighted by Crippen LogP contribution is 2.31. The van der Waals surface area contributed by atoms with Gasteiger partial charge in [-0.2, -0.15) is 18.3 Å². The van der Waals surface area contributed by atoms with Crippen LogP contribution in [0.5, 0.6) is 29.0 Å². The molecule has 8 nitrogen and oxygen atoms in total. The number of ether oxygens (including phenoxy) is 3. The van der Waals surface area contributed by atoms with Crippen molar-refractivity contribution in [3.8, 4) is 29.0 Å². The molecule has 40 heavy (non-hydrogen) atoms. The maximum absolute atomic E-state index is 12.7. The Hall–Kier alpha value is -4.75. The van der Waals surface area contributed by atoms with E-state index in [2.05, 4.69) is 20.0 Å². The average Bonchev–Trinajstić information content (AvgIpc) is 3.14. The van der Waals surface area contributed by atoms with Gasteiger partial charge in [-0.25, -0.2) is 9.67 Å². The van der Waals surface area contributed by atoms with Gasteiger partial charge in [0, 0.05) is 19.3 Å². The van der Waals surface area contributed by atoms with Crippen molar-refractivity contribution in [2.45, 2.75) is 26.1 Å². The SMILES string of the molecule is Cc1nn(C)c(Oc2ccc(OC(F)(F)F)cc2)c1/C=N/OCc1ccc(Oc2ccc(C(F)(F)F)cn2)cc1. The summed E-state index contributed by atoms with van der Waals surface area (Å²) in [6.45, 7) is 1.81. The summed E-state index contributed by atoms with van der Waals surface area (Å²) in [5.41, 5.74) is 0.915. The van der Waals surface area contributed by atoms with Crippen LogP contribution in [0.1, 0.15) is 22.4 Å². The molecule has 0 radical (unpaired) electrons. The summed E-state index contributed by atoms with van der Waals surface area (Å²) in [5, 5.41) is 8.22. The van der Waals surface area contributed by atoms with E-state index in [0.717, 1.165) is 29.8 Å². The summed E-state index contributed by atoms with van der Waals surface area (Å²) in [6, 6.07) is 13.5. The first kappa shape index (κ1) is 28.3. The number of aryl methyl sites for hydroxylation is 2. The number of benzene rings is 2. The predicted molar refractivity (Wildman–Crippen MR) is 129 cm³/mol. The minimum atomic E-state index is -4.80. The molecule has 0 unspecified atom stereocenters. The zero-order chi connectivity index (χ0) is 28.9. The molecule has 0 aliphatic heterocycles. The highest BCUT2D eigenvalue weighted by Gasteiger charge is 2.31. The van der Waals surface area contributed by atoms with Crippen molar-refractivity contribution in [1.29, 1.82) is 0 Å². The molecule has 0 aliphatic rings. The largest absolute Gasteiger partial charge is 0.573 e. The van der Waals surface area contributed by atoms with Crippen LogP contribution in [0.25, 0.3) is 0 Å². The molecular formula is C26H20F6N4O4. The van der Waals surface area contributed by atoms with Gasteiger partial charge in [0.15, 0.2) is 0 Å². The van der Waals surface area contributed by atoms with Gasteiger partial charge < -0.3 is 19.0 Å². The molecule has 2 aromatic carbocycles. The van der Waals surface area contributed by atoms with E-state index in [0.29, 0.717) is 23.2 Å². The summed E-state index contributed by atoms with van der Waals surface area (Å²) in [4.78, 5) is 9.01. The lowest BCUT2D eigenvalue weighted by Crippen LogP contribution is -2.16. The Morgan fingerprint density at radius 1 is 0.850 bits per heavy atom. The minimum Gasteiger partial charge on any atom is -0.439 e. The second-order valence-electron chi connectivity index (χ2n) is 8.19. The first-order chi connectivity index (χ1) is 18.9. The zero-order valence-corrected chi connectivity index (χ0v) is 20.8. The molecule has 210 valence electrons. The minimum absolute atomic E-state index is 0.0112. The molecule has 0 atom stereocenters. The Labute approximate surface area is 223 Å². The van der Waals surface area contributed by atoms with Gasteiger partial charge in [-0.3, -0.25) is 0 Å². The Morgan fingerprint density at radius 3 is 2.08 bits per heavy atom. The van der Waals surface area contributed by atoms with Crippen LogP contribution in [0, 0.1) is 6.92 Å². The number of halogens is 6. The van der Waals surface area contributed by atoms with Gasteiger partial charge in [-0.1, -0.05) is 17.3 Å². The second kappa shape index (κ2) is 11.6. The fraction of sp³-hybridized carbons (Fsp3) is 0.192. The van der Waals surface area contributed by atoms with Crippen molar-refractivity contribution >= 4 is 6.21 Å². The van der Waals surface area contributed by atoms with E-state index in [1.807, 2.05) is 0 Å². The standard InChI is InChI=1S/C26H20F6N4O4/c1-16-22(24(36(2)35-16)39-20-8-10-21(11-9-20)40-26(30,31)32)14-34-37-15-17-3-6-19(7-4-17)38-23-12-5-18(13-33-23)25(27,28)29/h3-14H,15H2,1-2H3/b34-14+. The lowest BCUT2D eigenvalue weighted by atomic mass is 10.2. The molecule has 0 fully saturated rings. The Kier molecular flexibility index (Phi) is 8.16. The monoisotopic (exact) mass is 566 g/mol.